The molecule has 0 unspecified atom stereocenters. The lowest BCUT2D eigenvalue weighted by molar-refractivity contribution is -0.116. The number of amides is 1. The van der Waals surface area contributed by atoms with E-state index in [1.807, 2.05) is 24.4 Å². The van der Waals surface area contributed by atoms with E-state index in [1.165, 1.54) is 6.92 Å². The predicted molar refractivity (Wildman–Crippen MR) is 103 cm³/mol. The Kier molecular flexibility index (Phi) is 5.96. The van der Waals surface area contributed by atoms with Gasteiger partial charge in [-0.15, -0.1) is 0 Å². The topological polar surface area (TPSA) is 65.5 Å². The van der Waals surface area contributed by atoms with Gasteiger partial charge in [0.05, 0.1) is 0 Å². The summed E-state index contributed by atoms with van der Waals surface area (Å²) >= 11 is 0. The normalized spacial score (nSPS) is 14.9. The summed E-state index contributed by atoms with van der Waals surface area (Å²) in [6.45, 7) is 5.92. The van der Waals surface area contributed by atoms with Crippen LogP contribution in [0.2, 0.25) is 0 Å². The Morgan fingerprint density at radius 3 is 2.58 bits per heavy atom. The van der Waals surface area contributed by atoms with E-state index in [9.17, 15) is 9.59 Å². The lowest BCUT2D eigenvalue weighted by Crippen LogP contribution is -2.47. The molecule has 0 spiro atoms. The summed E-state index contributed by atoms with van der Waals surface area (Å²) in [5, 5.41) is 2.87. The van der Waals surface area contributed by atoms with Crippen LogP contribution in [-0.4, -0.2) is 54.3 Å². The molecule has 0 saturated carbocycles. The largest absolute Gasteiger partial charge is 0.354 e. The fraction of sp³-hybridized carbons (Fsp3) is 0.350. The first-order valence-electron chi connectivity index (χ1n) is 8.91. The highest BCUT2D eigenvalue weighted by Gasteiger charge is 2.18. The number of anilines is 2. The molecule has 1 fully saturated rings. The smallest absolute Gasteiger partial charge is 0.225 e. The molecule has 3 rings (SSSR count). The quantitative estimate of drug-likeness (QED) is 0.809. The first-order chi connectivity index (χ1) is 12.6. The Hall–Kier alpha value is -2.73. The van der Waals surface area contributed by atoms with E-state index in [0.717, 1.165) is 38.5 Å². The number of rotatable bonds is 6. The van der Waals surface area contributed by atoms with Gasteiger partial charge in [0.25, 0.3) is 0 Å². The maximum absolute atomic E-state index is 12.2. The van der Waals surface area contributed by atoms with Gasteiger partial charge in [-0.05, 0) is 31.2 Å². The third-order valence-corrected chi connectivity index (χ3v) is 4.55. The molecule has 26 heavy (non-hydrogen) atoms. The van der Waals surface area contributed by atoms with Gasteiger partial charge in [0.2, 0.25) is 5.91 Å². The zero-order valence-electron chi connectivity index (χ0n) is 15.0. The molecule has 1 saturated heterocycles. The molecule has 0 atom stereocenters. The van der Waals surface area contributed by atoms with Crippen LogP contribution in [0.15, 0.2) is 48.7 Å². The van der Waals surface area contributed by atoms with Crippen LogP contribution in [-0.2, 0) is 4.79 Å². The number of piperazine rings is 1. The van der Waals surface area contributed by atoms with Gasteiger partial charge in [-0.3, -0.25) is 14.5 Å². The molecule has 1 aliphatic heterocycles. The number of nitrogens with zero attached hydrogens (tertiary/aromatic N) is 3. The van der Waals surface area contributed by atoms with Crippen molar-refractivity contribution in [2.45, 2.75) is 13.3 Å². The summed E-state index contributed by atoms with van der Waals surface area (Å²) in [4.78, 5) is 32.5. The second-order valence-electron chi connectivity index (χ2n) is 6.45. The van der Waals surface area contributed by atoms with Gasteiger partial charge in [-0.1, -0.05) is 18.2 Å². The van der Waals surface area contributed by atoms with Crippen molar-refractivity contribution in [2.75, 3.05) is 42.9 Å². The Labute approximate surface area is 153 Å². The van der Waals surface area contributed by atoms with Crippen LogP contribution in [0, 0.1) is 0 Å². The number of ketones is 1. The first kappa shape index (κ1) is 18.1. The maximum Gasteiger partial charge on any atom is 0.225 e. The second kappa shape index (κ2) is 8.58. The van der Waals surface area contributed by atoms with E-state index in [1.54, 1.807) is 24.3 Å². The Morgan fingerprint density at radius 2 is 1.88 bits per heavy atom. The van der Waals surface area contributed by atoms with Crippen molar-refractivity contribution in [2.24, 2.45) is 0 Å². The Bertz CT molecular complexity index is 755. The van der Waals surface area contributed by atoms with E-state index in [0.29, 0.717) is 17.7 Å². The standard InChI is InChI=1S/C20H24N4O2/c1-16(25)17-5-4-6-18(15-17)22-20(26)8-10-23-11-13-24(14-12-23)19-7-2-3-9-21-19/h2-7,9,15H,8,10-14H2,1H3,(H,22,26). The average Bonchev–Trinajstić information content (AvgIpc) is 2.68. The molecule has 1 aromatic carbocycles. The summed E-state index contributed by atoms with van der Waals surface area (Å²) in [6, 6.07) is 13.0. The SMILES string of the molecule is CC(=O)c1cccc(NC(=O)CCN2CCN(c3ccccn3)CC2)c1. The van der Waals surface area contributed by atoms with Crippen LogP contribution in [0.25, 0.3) is 0 Å². The molecular weight excluding hydrogens is 328 g/mol. The van der Waals surface area contributed by atoms with Crippen LogP contribution < -0.4 is 10.2 Å². The number of hydrogen-bond donors (Lipinski definition) is 1. The molecule has 6 heteroatoms. The van der Waals surface area contributed by atoms with Gasteiger partial charge in [0, 0.05) is 56.6 Å². The Morgan fingerprint density at radius 1 is 1.08 bits per heavy atom. The summed E-state index contributed by atoms with van der Waals surface area (Å²) in [6.07, 6.45) is 2.25. The number of hydrogen-bond acceptors (Lipinski definition) is 5. The maximum atomic E-state index is 12.2. The molecular formula is C20H24N4O2. The van der Waals surface area contributed by atoms with Crippen molar-refractivity contribution in [3.05, 3.63) is 54.2 Å². The van der Waals surface area contributed by atoms with Crippen LogP contribution >= 0.6 is 0 Å². The monoisotopic (exact) mass is 352 g/mol. The summed E-state index contributed by atoms with van der Waals surface area (Å²) < 4.78 is 0. The molecule has 2 aromatic rings. The Balaban J connectivity index is 1.43. The van der Waals surface area contributed by atoms with E-state index in [2.05, 4.69) is 20.1 Å². The summed E-state index contributed by atoms with van der Waals surface area (Å²) in [5.41, 5.74) is 1.27. The minimum Gasteiger partial charge on any atom is -0.354 e. The van der Waals surface area contributed by atoms with Gasteiger partial charge in [0.15, 0.2) is 5.78 Å². The zero-order valence-corrected chi connectivity index (χ0v) is 15.0. The van der Waals surface area contributed by atoms with Crippen molar-refractivity contribution in [3.63, 3.8) is 0 Å². The highest BCUT2D eigenvalue weighted by Crippen LogP contribution is 2.14. The van der Waals surface area contributed by atoms with Crippen LogP contribution in [0.5, 0.6) is 0 Å². The number of pyridine rings is 1. The summed E-state index contributed by atoms with van der Waals surface area (Å²) in [5.74, 6) is 0.972. The van der Waals surface area contributed by atoms with E-state index < -0.39 is 0 Å². The number of carbonyl (C=O) groups is 2. The molecule has 1 N–H and O–H groups in total. The molecule has 2 heterocycles. The van der Waals surface area contributed by atoms with E-state index >= 15 is 0 Å². The molecule has 0 bridgehead atoms. The third-order valence-electron chi connectivity index (χ3n) is 4.55. The number of Topliss-reactive ketones (excluding diaryl/α,β-unsaturated/α-hetero) is 1. The lowest BCUT2D eigenvalue weighted by atomic mass is 10.1. The minimum atomic E-state index is -0.0298. The van der Waals surface area contributed by atoms with Gasteiger partial charge in [-0.2, -0.15) is 0 Å². The summed E-state index contributed by atoms with van der Waals surface area (Å²) in [7, 11) is 0. The van der Waals surface area contributed by atoms with Crippen molar-refractivity contribution < 1.29 is 9.59 Å². The molecule has 1 aliphatic rings. The van der Waals surface area contributed by atoms with Crippen molar-refractivity contribution in [1.82, 2.24) is 9.88 Å². The fourth-order valence-corrected chi connectivity index (χ4v) is 3.04. The van der Waals surface area contributed by atoms with E-state index in [-0.39, 0.29) is 11.7 Å². The highest BCUT2D eigenvalue weighted by atomic mass is 16.1. The van der Waals surface area contributed by atoms with Crippen molar-refractivity contribution >= 4 is 23.2 Å². The molecule has 1 amide bonds. The number of carbonyl (C=O) groups excluding carboxylic acids is 2. The van der Waals surface area contributed by atoms with Gasteiger partial charge in [-0.25, -0.2) is 4.98 Å². The van der Waals surface area contributed by atoms with Crippen molar-refractivity contribution in [1.29, 1.82) is 0 Å². The number of nitrogens with one attached hydrogen (secondary N) is 1. The molecule has 0 radical (unpaired) electrons. The number of aromatic nitrogens is 1. The molecule has 0 aliphatic carbocycles. The number of benzene rings is 1. The fourth-order valence-electron chi connectivity index (χ4n) is 3.04. The second-order valence-corrected chi connectivity index (χ2v) is 6.45. The van der Waals surface area contributed by atoms with Crippen molar-refractivity contribution in [3.8, 4) is 0 Å². The van der Waals surface area contributed by atoms with Gasteiger partial charge < -0.3 is 10.2 Å². The van der Waals surface area contributed by atoms with Gasteiger partial charge in [0.1, 0.15) is 5.82 Å². The van der Waals surface area contributed by atoms with Gasteiger partial charge >= 0.3 is 0 Å². The zero-order chi connectivity index (χ0) is 18.4. The average molecular weight is 352 g/mol. The van der Waals surface area contributed by atoms with E-state index in [4.69, 9.17) is 0 Å². The van der Waals surface area contributed by atoms with Crippen LogP contribution in [0.3, 0.4) is 0 Å². The first-order valence-corrected chi connectivity index (χ1v) is 8.91. The minimum absolute atomic E-state index is 0.00752. The molecule has 1 aromatic heterocycles. The highest BCUT2D eigenvalue weighted by molar-refractivity contribution is 5.97. The third kappa shape index (κ3) is 4.89. The molecule has 6 nitrogen and oxygen atoms in total. The van der Waals surface area contributed by atoms with Crippen LogP contribution in [0.1, 0.15) is 23.7 Å². The molecule has 136 valence electrons. The van der Waals surface area contributed by atoms with Crippen LogP contribution in [0.4, 0.5) is 11.5 Å². The predicted octanol–water partition coefficient (Wildman–Crippen LogP) is 2.44. The lowest BCUT2D eigenvalue weighted by Gasteiger charge is -2.35.